The third-order valence-electron chi connectivity index (χ3n) is 3.55. The summed E-state index contributed by atoms with van der Waals surface area (Å²) in [6.07, 6.45) is 5.06. The standard InChI is InChI=1S/C18H18N4O2/c1-2-24-18(23)15-9-11-17(19-12-15)22-13-16(20-21-22)10-8-14-6-4-3-5-7-14/h3-7,9,11-13H,2,8,10H2,1H3. The Balaban J connectivity index is 1.65. The first-order valence-electron chi connectivity index (χ1n) is 7.85. The number of hydrogen-bond donors (Lipinski definition) is 0. The lowest BCUT2D eigenvalue weighted by atomic mass is 10.1. The van der Waals surface area contributed by atoms with Gasteiger partial charge in [-0.1, -0.05) is 35.5 Å². The largest absolute Gasteiger partial charge is 0.462 e. The number of rotatable bonds is 6. The van der Waals surface area contributed by atoms with Crippen LogP contribution >= 0.6 is 0 Å². The molecule has 0 radical (unpaired) electrons. The maximum absolute atomic E-state index is 11.6. The maximum atomic E-state index is 11.6. The molecule has 6 nitrogen and oxygen atoms in total. The summed E-state index contributed by atoms with van der Waals surface area (Å²) < 4.78 is 6.54. The number of hydrogen-bond acceptors (Lipinski definition) is 5. The van der Waals surface area contributed by atoms with E-state index < -0.39 is 0 Å². The molecule has 0 amide bonds. The molecule has 0 bridgehead atoms. The van der Waals surface area contributed by atoms with Gasteiger partial charge in [0.1, 0.15) is 0 Å². The molecule has 0 unspecified atom stereocenters. The third kappa shape index (κ3) is 3.84. The number of aryl methyl sites for hydroxylation is 2. The smallest absolute Gasteiger partial charge is 0.339 e. The Morgan fingerprint density at radius 3 is 2.67 bits per heavy atom. The molecule has 0 N–H and O–H groups in total. The van der Waals surface area contributed by atoms with Crippen LogP contribution in [0.2, 0.25) is 0 Å². The van der Waals surface area contributed by atoms with Crippen LogP contribution in [0, 0.1) is 0 Å². The number of benzene rings is 1. The van der Waals surface area contributed by atoms with E-state index in [2.05, 4.69) is 27.4 Å². The molecule has 0 aliphatic rings. The molecule has 2 aromatic heterocycles. The van der Waals surface area contributed by atoms with Crippen molar-refractivity contribution in [2.24, 2.45) is 0 Å². The predicted octanol–water partition coefficient (Wildman–Crippen LogP) is 2.62. The third-order valence-corrected chi connectivity index (χ3v) is 3.55. The summed E-state index contributed by atoms with van der Waals surface area (Å²) in [5, 5.41) is 8.27. The van der Waals surface area contributed by atoms with Crippen LogP contribution in [-0.4, -0.2) is 32.6 Å². The van der Waals surface area contributed by atoms with Crippen LogP contribution in [-0.2, 0) is 17.6 Å². The van der Waals surface area contributed by atoms with Crippen LogP contribution in [0.15, 0.2) is 54.9 Å². The molecule has 24 heavy (non-hydrogen) atoms. The minimum atomic E-state index is -0.376. The second-order valence-electron chi connectivity index (χ2n) is 5.27. The second-order valence-corrected chi connectivity index (χ2v) is 5.27. The highest BCUT2D eigenvalue weighted by Gasteiger charge is 2.09. The van der Waals surface area contributed by atoms with Crippen LogP contribution in [0.4, 0.5) is 0 Å². The summed E-state index contributed by atoms with van der Waals surface area (Å²) in [7, 11) is 0. The van der Waals surface area contributed by atoms with Gasteiger partial charge in [0.15, 0.2) is 5.82 Å². The monoisotopic (exact) mass is 322 g/mol. The van der Waals surface area contributed by atoms with Gasteiger partial charge in [0.25, 0.3) is 0 Å². The van der Waals surface area contributed by atoms with E-state index in [0.29, 0.717) is 18.0 Å². The van der Waals surface area contributed by atoms with Crippen LogP contribution in [0.3, 0.4) is 0 Å². The Kier molecular flexibility index (Phi) is 4.96. The van der Waals surface area contributed by atoms with Gasteiger partial charge >= 0.3 is 5.97 Å². The first-order valence-corrected chi connectivity index (χ1v) is 7.85. The van der Waals surface area contributed by atoms with Gasteiger partial charge < -0.3 is 4.74 Å². The van der Waals surface area contributed by atoms with Crippen molar-refractivity contribution in [3.63, 3.8) is 0 Å². The molecule has 0 aliphatic carbocycles. The number of aromatic nitrogens is 4. The number of esters is 1. The van der Waals surface area contributed by atoms with Crippen LogP contribution < -0.4 is 0 Å². The Morgan fingerprint density at radius 1 is 1.12 bits per heavy atom. The summed E-state index contributed by atoms with van der Waals surface area (Å²) in [5.41, 5.74) is 2.59. The van der Waals surface area contributed by atoms with E-state index in [1.165, 1.54) is 11.8 Å². The number of pyridine rings is 1. The van der Waals surface area contributed by atoms with Crippen molar-refractivity contribution in [2.45, 2.75) is 19.8 Å². The highest BCUT2D eigenvalue weighted by Crippen LogP contribution is 2.09. The molecule has 3 rings (SSSR count). The molecule has 6 heteroatoms. The normalized spacial score (nSPS) is 10.5. The number of ether oxygens (including phenoxy) is 1. The van der Waals surface area contributed by atoms with Gasteiger partial charge in [-0.05, 0) is 37.5 Å². The number of nitrogens with zero attached hydrogens (tertiary/aromatic N) is 4. The fourth-order valence-corrected chi connectivity index (χ4v) is 2.30. The average molecular weight is 322 g/mol. The Morgan fingerprint density at radius 2 is 1.96 bits per heavy atom. The highest BCUT2D eigenvalue weighted by molar-refractivity contribution is 5.89. The van der Waals surface area contributed by atoms with E-state index in [-0.39, 0.29) is 5.97 Å². The van der Waals surface area contributed by atoms with Crippen molar-refractivity contribution in [3.05, 3.63) is 71.7 Å². The molecule has 0 fully saturated rings. The molecule has 2 heterocycles. The summed E-state index contributed by atoms with van der Waals surface area (Å²) >= 11 is 0. The zero-order valence-corrected chi connectivity index (χ0v) is 13.4. The summed E-state index contributed by atoms with van der Waals surface area (Å²) in [5.74, 6) is 0.236. The van der Waals surface area contributed by atoms with Gasteiger partial charge in [-0.25, -0.2) is 14.5 Å². The van der Waals surface area contributed by atoms with E-state index in [1.807, 2.05) is 24.4 Å². The molecular formula is C18H18N4O2. The van der Waals surface area contributed by atoms with Crippen molar-refractivity contribution >= 4 is 5.97 Å². The first-order chi connectivity index (χ1) is 11.8. The lowest BCUT2D eigenvalue weighted by Gasteiger charge is -2.02. The van der Waals surface area contributed by atoms with Gasteiger partial charge in [-0.2, -0.15) is 0 Å². The minimum absolute atomic E-state index is 0.342. The fourth-order valence-electron chi connectivity index (χ4n) is 2.30. The molecule has 122 valence electrons. The second kappa shape index (κ2) is 7.50. The Hall–Kier alpha value is -3.02. The number of carbonyl (C=O) groups is 1. The highest BCUT2D eigenvalue weighted by atomic mass is 16.5. The van der Waals surface area contributed by atoms with Crippen molar-refractivity contribution in [1.82, 2.24) is 20.0 Å². The fraction of sp³-hybridized carbons (Fsp3) is 0.222. The molecule has 0 atom stereocenters. The lowest BCUT2D eigenvalue weighted by Crippen LogP contribution is -2.06. The van der Waals surface area contributed by atoms with E-state index >= 15 is 0 Å². The van der Waals surface area contributed by atoms with E-state index in [9.17, 15) is 4.79 Å². The summed E-state index contributed by atoms with van der Waals surface area (Å²) in [4.78, 5) is 15.9. The van der Waals surface area contributed by atoms with Crippen molar-refractivity contribution in [2.75, 3.05) is 6.61 Å². The number of carbonyl (C=O) groups excluding carboxylic acids is 1. The van der Waals surface area contributed by atoms with Crippen molar-refractivity contribution in [3.8, 4) is 5.82 Å². The van der Waals surface area contributed by atoms with Crippen LogP contribution in [0.5, 0.6) is 0 Å². The minimum Gasteiger partial charge on any atom is -0.462 e. The molecule has 0 saturated carbocycles. The van der Waals surface area contributed by atoms with Crippen molar-refractivity contribution in [1.29, 1.82) is 0 Å². The molecule has 0 spiro atoms. The molecular weight excluding hydrogens is 304 g/mol. The molecule has 0 saturated heterocycles. The zero-order valence-electron chi connectivity index (χ0n) is 13.4. The van der Waals surface area contributed by atoms with Crippen LogP contribution in [0.25, 0.3) is 5.82 Å². The lowest BCUT2D eigenvalue weighted by molar-refractivity contribution is 0.0526. The average Bonchev–Trinajstić information content (AvgIpc) is 3.10. The first kappa shape index (κ1) is 15.9. The van der Waals surface area contributed by atoms with Gasteiger partial charge in [-0.3, -0.25) is 0 Å². The van der Waals surface area contributed by atoms with Gasteiger partial charge in [0.05, 0.1) is 24.1 Å². The van der Waals surface area contributed by atoms with Crippen LogP contribution in [0.1, 0.15) is 28.5 Å². The van der Waals surface area contributed by atoms with E-state index in [4.69, 9.17) is 4.74 Å². The molecule has 3 aromatic rings. The maximum Gasteiger partial charge on any atom is 0.339 e. The molecule has 0 aliphatic heterocycles. The molecule has 1 aromatic carbocycles. The topological polar surface area (TPSA) is 69.9 Å². The SMILES string of the molecule is CCOC(=O)c1ccc(-n2cc(CCc3ccccc3)nn2)nc1. The summed E-state index contributed by atoms with van der Waals surface area (Å²) in [6.45, 7) is 2.11. The Bertz CT molecular complexity index is 797. The van der Waals surface area contributed by atoms with Gasteiger partial charge in [-0.15, -0.1) is 5.10 Å². The Labute approximate surface area is 140 Å². The van der Waals surface area contributed by atoms with Crippen molar-refractivity contribution < 1.29 is 9.53 Å². The zero-order chi connectivity index (χ0) is 16.8. The van der Waals surface area contributed by atoms with E-state index in [1.54, 1.807) is 23.7 Å². The summed E-state index contributed by atoms with van der Waals surface area (Å²) in [6, 6.07) is 13.7. The van der Waals surface area contributed by atoms with E-state index in [0.717, 1.165) is 18.5 Å². The van der Waals surface area contributed by atoms with Gasteiger partial charge in [0.2, 0.25) is 0 Å². The quantitative estimate of drug-likeness (QED) is 0.653. The van der Waals surface area contributed by atoms with Gasteiger partial charge in [0, 0.05) is 6.20 Å². The predicted molar refractivity (Wildman–Crippen MR) is 89.0 cm³/mol.